The Bertz CT molecular complexity index is 292. The lowest BCUT2D eigenvalue weighted by atomic mass is 10.1. The summed E-state index contributed by atoms with van der Waals surface area (Å²) in [4.78, 5) is 2.84. The zero-order chi connectivity index (χ0) is 9.42. The van der Waals surface area contributed by atoms with Crippen molar-refractivity contribution in [3.05, 3.63) is 21.9 Å². The Labute approximate surface area is 84.0 Å². The second-order valence-corrected chi connectivity index (χ2v) is 5.26. The molecule has 1 aromatic rings. The summed E-state index contributed by atoms with van der Waals surface area (Å²) in [6.45, 7) is 4.49. The van der Waals surface area contributed by atoms with Gasteiger partial charge >= 0.3 is 0 Å². The monoisotopic (exact) mass is 195 g/mol. The van der Waals surface area contributed by atoms with E-state index in [9.17, 15) is 0 Å². The molecule has 0 radical (unpaired) electrons. The number of rotatable bonds is 3. The molecule has 1 aromatic heterocycles. The van der Waals surface area contributed by atoms with Crippen LogP contribution in [-0.2, 0) is 6.42 Å². The van der Waals surface area contributed by atoms with Crippen molar-refractivity contribution in [1.29, 1.82) is 0 Å². The maximum atomic E-state index is 6.17. The second kappa shape index (κ2) is 3.43. The topological polar surface area (TPSA) is 26.0 Å². The van der Waals surface area contributed by atoms with Gasteiger partial charge in [0.05, 0.1) is 0 Å². The van der Waals surface area contributed by atoms with Crippen molar-refractivity contribution in [2.24, 2.45) is 17.6 Å². The Morgan fingerprint density at radius 2 is 2.31 bits per heavy atom. The van der Waals surface area contributed by atoms with Gasteiger partial charge in [0.25, 0.3) is 0 Å². The van der Waals surface area contributed by atoms with Gasteiger partial charge in [-0.3, -0.25) is 0 Å². The van der Waals surface area contributed by atoms with Gasteiger partial charge in [0.1, 0.15) is 0 Å². The van der Waals surface area contributed by atoms with Crippen LogP contribution in [0.3, 0.4) is 0 Å². The largest absolute Gasteiger partial charge is 0.323 e. The van der Waals surface area contributed by atoms with Crippen molar-refractivity contribution in [3.63, 3.8) is 0 Å². The lowest BCUT2D eigenvalue weighted by molar-refractivity contribution is 0.603. The molecule has 0 aliphatic heterocycles. The van der Waals surface area contributed by atoms with E-state index in [-0.39, 0.29) is 0 Å². The number of hydrogen-bond donors (Lipinski definition) is 1. The van der Waals surface area contributed by atoms with E-state index in [1.54, 1.807) is 0 Å². The van der Waals surface area contributed by atoms with Gasteiger partial charge in [0, 0.05) is 15.8 Å². The molecule has 3 unspecified atom stereocenters. The highest BCUT2D eigenvalue weighted by atomic mass is 32.1. The van der Waals surface area contributed by atoms with Crippen molar-refractivity contribution in [2.45, 2.75) is 32.7 Å². The van der Waals surface area contributed by atoms with Gasteiger partial charge < -0.3 is 5.73 Å². The molecular formula is C11H17NS. The fraction of sp³-hybridized carbons (Fsp3) is 0.636. The van der Waals surface area contributed by atoms with Crippen LogP contribution in [0, 0.1) is 11.8 Å². The molecule has 0 bridgehead atoms. The number of hydrogen-bond acceptors (Lipinski definition) is 2. The molecule has 3 atom stereocenters. The van der Waals surface area contributed by atoms with E-state index in [0.717, 1.165) is 18.3 Å². The minimum absolute atomic E-state index is 0.306. The van der Waals surface area contributed by atoms with Crippen molar-refractivity contribution < 1.29 is 0 Å². The van der Waals surface area contributed by atoms with Crippen molar-refractivity contribution in [3.8, 4) is 0 Å². The third kappa shape index (κ3) is 1.79. The maximum absolute atomic E-state index is 6.17. The van der Waals surface area contributed by atoms with Crippen LogP contribution >= 0.6 is 11.3 Å². The normalized spacial score (nSPS) is 28.8. The van der Waals surface area contributed by atoms with Gasteiger partial charge in [-0.1, -0.05) is 13.8 Å². The quantitative estimate of drug-likeness (QED) is 0.788. The highest BCUT2D eigenvalue weighted by Crippen LogP contribution is 2.46. The molecule has 1 fully saturated rings. The van der Waals surface area contributed by atoms with Crippen LogP contribution in [0.15, 0.2) is 12.1 Å². The summed E-state index contributed by atoms with van der Waals surface area (Å²) < 4.78 is 0. The highest BCUT2D eigenvalue weighted by molar-refractivity contribution is 7.12. The van der Waals surface area contributed by atoms with Crippen LogP contribution in [-0.4, -0.2) is 0 Å². The Morgan fingerprint density at radius 1 is 1.62 bits per heavy atom. The smallest absolute Gasteiger partial charge is 0.0421 e. The molecule has 1 nitrogen and oxygen atoms in total. The summed E-state index contributed by atoms with van der Waals surface area (Å²) in [5.41, 5.74) is 6.17. The summed E-state index contributed by atoms with van der Waals surface area (Å²) in [7, 11) is 0. The summed E-state index contributed by atoms with van der Waals surface area (Å²) in [5, 5.41) is 0. The Kier molecular flexibility index (Phi) is 2.43. The molecule has 1 heterocycles. The Hall–Kier alpha value is -0.340. The van der Waals surface area contributed by atoms with E-state index >= 15 is 0 Å². The van der Waals surface area contributed by atoms with Gasteiger partial charge in [-0.05, 0) is 36.8 Å². The van der Waals surface area contributed by atoms with Crippen LogP contribution in [0.4, 0.5) is 0 Å². The molecule has 0 aromatic carbocycles. The van der Waals surface area contributed by atoms with Gasteiger partial charge in [-0.2, -0.15) is 0 Å². The van der Waals surface area contributed by atoms with E-state index in [0.29, 0.717) is 6.04 Å². The molecule has 1 aliphatic carbocycles. The molecule has 1 saturated carbocycles. The molecule has 13 heavy (non-hydrogen) atoms. The Balaban J connectivity index is 2.07. The van der Waals surface area contributed by atoms with Gasteiger partial charge in [-0.15, -0.1) is 11.3 Å². The molecule has 1 aliphatic rings. The van der Waals surface area contributed by atoms with Crippen molar-refractivity contribution in [2.75, 3.05) is 0 Å². The first-order chi connectivity index (χ1) is 6.22. The molecular weight excluding hydrogens is 178 g/mol. The molecule has 0 spiro atoms. The average molecular weight is 195 g/mol. The fourth-order valence-corrected chi connectivity index (χ4v) is 2.86. The zero-order valence-corrected chi connectivity index (χ0v) is 9.10. The second-order valence-electron chi connectivity index (χ2n) is 4.06. The van der Waals surface area contributed by atoms with Gasteiger partial charge in [-0.25, -0.2) is 0 Å². The van der Waals surface area contributed by atoms with Crippen LogP contribution < -0.4 is 5.73 Å². The highest BCUT2D eigenvalue weighted by Gasteiger charge is 2.38. The molecule has 0 saturated heterocycles. The zero-order valence-electron chi connectivity index (χ0n) is 8.29. The molecule has 2 rings (SSSR count). The van der Waals surface area contributed by atoms with E-state index < -0.39 is 0 Å². The average Bonchev–Trinajstić information content (AvgIpc) is 2.70. The fourth-order valence-electron chi connectivity index (χ4n) is 1.83. The third-order valence-corrected chi connectivity index (χ3v) is 4.32. The van der Waals surface area contributed by atoms with Crippen molar-refractivity contribution >= 4 is 11.3 Å². The first kappa shape index (κ1) is 9.22. The predicted octanol–water partition coefficient (Wildman–Crippen LogP) is 2.97. The van der Waals surface area contributed by atoms with E-state index in [1.807, 2.05) is 11.3 Å². The van der Waals surface area contributed by atoms with Crippen LogP contribution in [0.5, 0.6) is 0 Å². The maximum Gasteiger partial charge on any atom is 0.0421 e. The first-order valence-electron chi connectivity index (χ1n) is 5.06. The first-order valence-corrected chi connectivity index (χ1v) is 5.88. The van der Waals surface area contributed by atoms with Crippen LogP contribution in [0.25, 0.3) is 0 Å². The molecule has 72 valence electrons. The Morgan fingerprint density at radius 3 is 2.77 bits per heavy atom. The third-order valence-electron chi connectivity index (χ3n) is 2.99. The SMILES string of the molecule is CCc1ccc(C(N)C2CC2C)s1. The van der Waals surface area contributed by atoms with E-state index in [4.69, 9.17) is 5.73 Å². The molecule has 2 N–H and O–H groups in total. The predicted molar refractivity (Wildman–Crippen MR) is 57.9 cm³/mol. The van der Waals surface area contributed by atoms with Gasteiger partial charge in [0.15, 0.2) is 0 Å². The lowest BCUT2D eigenvalue weighted by Gasteiger charge is -2.07. The summed E-state index contributed by atoms with van der Waals surface area (Å²) >= 11 is 1.89. The van der Waals surface area contributed by atoms with E-state index in [2.05, 4.69) is 26.0 Å². The molecule has 2 heteroatoms. The number of nitrogens with two attached hydrogens (primary N) is 1. The standard InChI is InChI=1S/C11H17NS/c1-3-8-4-5-10(13-8)11(12)9-6-7(9)2/h4-5,7,9,11H,3,6,12H2,1-2H3. The summed E-state index contributed by atoms with van der Waals surface area (Å²) in [5.74, 6) is 1.60. The number of aryl methyl sites for hydroxylation is 1. The van der Waals surface area contributed by atoms with Crippen LogP contribution in [0.1, 0.15) is 36.1 Å². The van der Waals surface area contributed by atoms with E-state index in [1.165, 1.54) is 16.2 Å². The number of thiophene rings is 1. The summed E-state index contributed by atoms with van der Waals surface area (Å²) in [6.07, 6.45) is 2.46. The minimum Gasteiger partial charge on any atom is -0.323 e. The lowest BCUT2D eigenvalue weighted by Crippen LogP contribution is -2.11. The van der Waals surface area contributed by atoms with Gasteiger partial charge in [0.2, 0.25) is 0 Å². The van der Waals surface area contributed by atoms with Crippen LogP contribution in [0.2, 0.25) is 0 Å². The summed E-state index contributed by atoms with van der Waals surface area (Å²) in [6, 6.07) is 4.73. The minimum atomic E-state index is 0.306. The van der Waals surface area contributed by atoms with Crippen molar-refractivity contribution in [1.82, 2.24) is 0 Å². The molecule has 0 amide bonds.